The zero-order valence-corrected chi connectivity index (χ0v) is 52.6. The Morgan fingerprint density at radius 3 is 1.47 bits per heavy atom. The maximum atomic E-state index is 14.8. The summed E-state index contributed by atoms with van der Waals surface area (Å²) in [6.45, 7) is 0.429. The zero-order valence-electron chi connectivity index (χ0n) is 52.6. The van der Waals surface area contributed by atoms with Crippen LogP contribution in [0.25, 0.3) is 0 Å². The molecule has 30 nitrogen and oxygen atoms in total. The second kappa shape index (κ2) is 36.7. The van der Waals surface area contributed by atoms with Crippen LogP contribution in [0.15, 0.2) is 140 Å². The van der Waals surface area contributed by atoms with Crippen LogP contribution in [0, 0.1) is 5.41 Å². The highest BCUT2D eigenvalue weighted by atomic mass is 16.3. The van der Waals surface area contributed by atoms with Crippen LogP contribution in [0.5, 0.6) is 11.5 Å². The highest BCUT2D eigenvalue weighted by molar-refractivity contribution is 6.00. The molecule has 96 heavy (non-hydrogen) atoms. The lowest BCUT2D eigenvalue weighted by atomic mass is 10.0. The number of benzene rings is 5. The number of nitrogens with one attached hydrogen (secondary N) is 12. The molecule has 1 aliphatic heterocycles. The molecular weight excluding hydrogens is 1240 g/mol. The van der Waals surface area contributed by atoms with E-state index in [9.17, 15) is 67.7 Å². The zero-order chi connectivity index (χ0) is 69.8. The van der Waals surface area contributed by atoms with Crippen molar-refractivity contribution < 1.29 is 67.7 Å². The Kier molecular flexibility index (Phi) is 28.2. The van der Waals surface area contributed by atoms with Gasteiger partial charge in [0.25, 0.3) is 0 Å². The molecule has 1 heterocycles. The van der Waals surface area contributed by atoms with Crippen LogP contribution in [-0.2, 0) is 89.6 Å². The molecule has 0 saturated carbocycles. The van der Waals surface area contributed by atoms with Gasteiger partial charge in [0.15, 0.2) is 5.96 Å². The summed E-state index contributed by atoms with van der Waals surface area (Å²) >= 11 is 0. The van der Waals surface area contributed by atoms with E-state index in [0.717, 1.165) is 0 Å². The highest BCUT2D eigenvalue weighted by Gasteiger charge is 2.36. The van der Waals surface area contributed by atoms with E-state index in [-0.39, 0.29) is 63.0 Å². The Morgan fingerprint density at radius 2 is 0.990 bits per heavy atom. The first-order valence-electron chi connectivity index (χ1n) is 30.9. The van der Waals surface area contributed by atoms with Gasteiger partial charge >= 0.3 is 0 Å². The number of carbonyl (C=O) groups is 12. The molecule has 3 unspecified atom stereocenters. The van der Waals surface area contributed by atoms with E-state index >= 15 is 0 Å². The molecule has 30 heteroatoms. The van der Waals surface area contributed by atoms with Gasteiger partial charge in [0.05, 0.1) is 12.5 Å². The first-order valence-corrected chi connectivity index (χ1v) is 30.9. The van der Waals surface area contributed by atoms with Crippen LogP contribution in [0.3, 0.4) is 0 Å². The van der Waals surface area contributed by atoms with Gasteiger partial charge < -0.3 is 91.6 Å². The Balaban J connectivity index is 1.44. The minimum atomic E-state index is -1.86. The fraction of sp³-hybridized carbons (Fsp3) is 0.348. The molecule has 22 N–H and O–H groups in total. The first kappa shape index (κ1) is 73.6. The Bertz CT molecular complexity index is 3530. The molecule has 1 fully saturated rings. The SMILES string of the molecule is C[C@@H]1NC(=O)C(CC(N)=O)NC(=O)[C@H](Cc2ccccc2)NC(=O)C(Cc2ccccc2)NC(=O)[C@H](CCCNC(=N)N)NC(=O)CC[C@H](NC(=O)[C@@H](N)Cc2ccc(O)cc2)C(=O)NC[C@@H](C(=O)N[C@@H](Cc2ccc(O)cc2)C(N)=O)NC(=O)C(Cc2ccccc2)NC1=O. The number of amides is 12. The standard InChI is InChI=1S/C66H82N16O14/c1-37-57(88)78-49(32-38-12-5-2-6-13-38)64(95)82-53(65(96)77-48(56(69)87)31-42-21-25-44(84)26-22-42)36-73-59(90)47(76-58(89)45(67)30-41-19-23-43(83)24-20-41)27-28-55(86)75-46(18-11-29-72-66(70)71)60(91)79-50(33-39-14-7-3-8-15-39)62(93)80-51(34-40-16-9-4-10-17-40)63(94)81-52(35-54(68)85)61(92)74-37/h2-10,12-17,19-26,37,45-53,83-84H,11,18,27-36,67H2,1H3,(H2,68,85)(H2,69,87)(H,73,90)(H,74,92)(H,75,86)(H,76,89)(H,77,96)(H,78,88)(H,79,91)(H,80,93)(H,81,94)(H,82,95)(H4,70,71,72)/t37-,45-,46-,47-,48-,49?,50?,51-,52?,53-/m0/s1. The summed E-state index contributed by atoms with van der Waals surface area (Å²) in [6.07, 6.45) is -3.06. The van der Waals surface area contributed by atoms with Crippen LogP contribution in [0.2, 0.25) is 0 Å². The number of carbonyl (C=O) groups excluding carboxylic acids is 12. The van der Waals surface area contributed by atoms with Gasteiger partial charge in [-0.15, -0.1) is 0 Å². The fourth-order valence-corrected chi connectivity index (χ4v) is 10.1. The van der Waals surface area contributed by atoms with Crippen molar-refractivity contribution in [2.75, 3.05) is 13.1 Å². The minimum absolute atomic E-state index is 0.0348. The monoisotopic (exact) mass is 1320 g/mol. The fourth-order valence-electron chi connectivity index (χ4n) is 10.1. The van der Waals surface area contributed by atoms with Gasteiger partial charge in [0, 0.05) is 45.2 Å². The highest BCUT2D eigenvalue weighted by Crippen LogP contribution is 2.15. The van der Waals surface area contributed by atoms with Gasteiger partial charge in [0.1, 0.15) is 65.9 Å². The van der Waals surface area contributed by atoms with Crippen molar-refractivity contribution in [3.8, 4) is 11.5 Å². The predicted molar refractivity (Wildman–Crippen MR) is 349 cm³/mol. The van der Waals surface area contributed by atoms with Gasteiger partial charge in [-0.2, -0.15) is 0 Å². The molecule has 0 aromatic heterocycles. The smallest absolute Gasteiger partial charge is 0.245 e. The van der Waals surface area contributed by atoms with E-state index < -0.39 is 163 Å². The van der Waals surface area contributed by atoms with Gasteiger partial charge in [-0.05, 0) is 84.7 Å². The summed E-state index contributed by atoms with van der Waals surface area (Å²) in [5, 5.41) is 55.7. The Hall–Kier alpha value is -11.4. The number of hydrogen-bond donors (Lipinski definition) is 18. The normalized spacial score (nSPS) is 21.2. The van der Waals surface area contributed by atoms with Crippen LogP contribution in [0.4, 0.5) is 0 Å². The molecule has 5 aromatic carbocycles. The molecule has 10 atom stereocenters. The number of primary amides is 2. The molecule has 0 spiro atoms. The van der Waals surface area contributed by atoms with E-state index in [1.54, 1.807) is 91.0 Å². The van der Waals surface area contributed by atoms with Gasteiger partial charge in [0.2, 0.25) is 70.9 Å². The third-order valence-corrected chi connectivity index (χ3v) is 15.3. The number of guanidine groups is 1. The molecule has 510 valence electrons. The van der Waals surface area contributed by atoms with E-state index in [1.165, 1.54) is 55.5 Å². The minimum Gasteiger partial charge on any atom is -0.508 e. The number of rotatable bonds is 21. The largest absolute Gasteiger partial charge is 0.508 e. The topological polar surface area (TPSA) is 506 Å². The number of phenols is 2. The van der Waals surface area contributed by atoms with Crippen molar-refractivity contribution in [3.05, 3.63) is 167 Å². The third kappa shape index (κ3) is 24.6. The number of nitrogens with two attached hydrogens (primary N) is 4. The Morgan fingerprint density at radius 1 is 0.542 bits per heavy atom. The van der Waals surface area contributed by atoms with E-state index in [0.29, 0.717) is 27.8 Å². The molecule has 0 aliphatic carbocycles. The second-order valence-corrected chi connectivity index (χ2v) is 23.0. The van der Waals surface area contributed by atoms with Crippen molar-refractivity contribution in [2.45, 2.75) is 132 Å². The van der Waals surface area contributed by atoms with Crippen molar-refractivity contribution in [1.29, 1.82) is 5.41 Å². The molecule has 12 amide bonds. The summed E-state index contributed by atoms with van der Waals surface area (Å²) in [4.78, 5) is 171. The lowest BCUT2D eigenvalue weighted by molar-refractivity contribution is -0.136. The average molecular weight is 1320 g/mol. The van der Waals surface area contributed by atoms with Crippen molar-refractivity contribution >= 4 is 76.8 Å². The average Bonchev–Trinajstić information content (AvgIpc) is 1.11. The Labute approximate surface area is 552 Å². The van der Waals surface area contributed by atoms with E-state index in [4.69, 9.17) is 28.3 Å². The van der Waals surface area contributed by atoms with Gasteiger partial charge in [-0.3, -0.25) is 62.9 Å². The van der Waals surface area contributed by atoms with Crippen LogP contribution >= 0.6 is 0 Å². The number of aromatic hydroxyl groups is 2. The summed E-state index contributed by atoms with van der Waals surface area (Å²) < 4.78 is 0. The maximum absolute atomic E-state index is 14.8. The predicted octanol–water partition coefficient (Wildman–Crippen LogP) is -3.14. The van der Waals surface area contributed by atoms with Crippen LogP contribution in [-0.4, -0.2) is 161 Å². The number of phenolic OH excluding ortho intramolecular Hbond substituents is 2. The summed E-state index contributed by atoms with van der Waals surface area (Å²) in [6, 6.07) is 20.5. The van der Waals surface area contributed by atoms with Crippen LogP contribution < -0.4 is 81.4 Å². The van der Waals surface area contributed by atoms with Gasteiger partial charge in [-0.1, -0.05) is 115 Å². The summed E-state index contributed by atoms with van der Waals surface area (Å²) in [5.74, 6) is -12.7. The van der Waals surface area contributed by atoms with E-state index in [2.05, 4.69) is 58.5 Å². The van der Waals surface area contributed by atoms with Crippen molar-refractivity contribution in [2.24, 2.45) is 22.9 Å². The third-order valence-electron chi connectivity index (χ3n) is 15.3. The molecule has 6 rings (SSSR count). The van der Waals surface area contributed by atoms with E-state index in [1.807, 2.05) is 0 Å². The second-order valence-electron chi connectivity index (χ2n) is 23.0. The molecule has 0 bridgehead atoms. The summed E-state index contributed by atoms with van der Waals surface area (Å²) in [5.41, 5.74) is 25.8. The molecule has 1 saturated heterocycles. The lowest BCUT2D eigenvalue weighted by Crippen LogP contribution is -2.62. The lowest BCUT2D eigenvalue weighted by Gasteiger charge is -2.27. The van der Waals surface area contributed by atoms with Crippen molar-refractivity contribution in [3.63, 3.8) is 0 Å². The maximum Gasteiger partial charge on any atom is 0.245 e. The quantitative estimate of drug-likeness (QED) is 0.0196. The molecular formula is C66H82N16O14. The molecule has 0 radical (unpaired) electrons. The number of hydrogen-bond acceptors (Lipinski definition) is 16. The first-order chi connectivity index (χ1) is 45.8. The molecule has 1 aliphatic rings. The molecule has 5 aromatic rings. The van der Waals surface area contributed by atoms with Crippen LogP contribution in [0.1, 0.15) is 66.8 Å². The van der Waals surface area contributed by atoms with Gasteiger partial charge in [-0.25, -0.2) is 0 Å². The van der Waals surface area contributed by atoms with Crippen molar-refractivity contribution in [1.82, 2.24) is 58.5 Å². The summed E-state index contributed by atoms with van der Waals surface area (Å²) in [7, 11) is 0.